The fraction of sp³-hybridized carbons (Fsp3) is 0.533. The zero-order valence-corrected chi connectivity index (χ0v) is 12.5. The third-order valence-corrected chi connectivity index (χ3v) is 3.87. The number of benzene rings is 1. The summed E-state index contributed by atoms with van der Waals surface area (Å²) >= 11 is 6.24. The summed E-state index contributed by atoms with van der Waals surface area (Å²) < 4.78 is 4.64. The molecule has 0 saturated carbocycles. The molecule has 0 saturated heterocycles. The molecular formula is C15H21ClO2. The van der Waals surface area contributed by atoms with Crippen molar-refractivity contribution in [2.24, 2.45) is 0 Å². The van der Waals surface area contributed by atoms with E-state index in [0.717, 1.165) is 0 Å². The molecule has 1 atom stereocenters. The molecule has 18 heavy (non-hydrogen) atoms. The molecule has 0 aromatic heterocycles. The monoisotopic (exact) mass is 268 g/mol. The summed E-state index contributed by atoms with van der Waals surface area (Å²) in [5.74, 6) is -0.255. The maximum Gasteiger partial charge on any atom is 0.307 e. The van der Waals surface area contributed by atoms with Crippen LogP contribution >= 0.6 is 11.6 Å². The van der Waals surface area contributed by atoms with Gasteiger partial charge in [-0.15, -0.1) is 11.6 Å². The van der Waals surface area contributed by atoms with Crippen molar-refractivity contribution in [2.75, 3.05) is 7.11 Å². The van der Waals surface area contributed by atoms with Gasteiger partial charge in [-0.25, -0.2) is 0 Å². The second-order valence-corrected chi connectivity index (χ2v) is 5.44. The van der Waals surface area contributed by atoms with E-state index in [4.69, 9.17) is 11.6 Å². The van der Waals surface area contributed by atoms with Crippen LogP contribution in [0.5, 0.6) is 0 Å². The molecule has 0 aliphatic rings. The summed E-state index contributed by atoms with van der Waals surface area (Å²) in [7, 11) is 1.39. The Kier molecular flexibility index (Phi) is 5.21. The number of halogens is 1. The van der Waals surface area contributed by atoms with E-state index in [2.05, 4.69) is 38.5 Å². The van der Waals surface area contributed by atoms with E-state index in [9.17, 15) is 4.79 Å². The molecule has 0 bridgehead atoms. The van der Waals surface area contributed by atoms with Crippen LogP contribution in [0.1, 0.15) is 34.2 Å². The number of carbonyl (C=O) groups is 1. The molecule has 100 valence electrons. The highest BCUT2D eigenvalue weighted by Gasteiger charge is 2.16. The summed E-state index contributed by atoms with van der Waals surface area (Å²) in [6.45, 7) is 8.43. The van der Waals surface area contributed by atoms with Crippen LogP contribution in [0, 0.1) is 27.7 Å². The fourth-order valence-electron chi connectivity index (χ4n) is 2.16. The second kappa shape index (κ2) is 6.24. The molecule has 1 aromatic rings. The molecule has 0 radical (unpaired) electrons. The molecule has 0 spiro atoms. The number of rotatable bonds is 4. The van der Waals surface area contributed by atoms with Gasteiger partial charge in [-0.3, -0.25) is 4.79 Å². The van der Waals surface area contributed by atoms with Gasteiger partial charge in [-0.2, -0.15) is 0 Å². The maximum atomic E-state index is 11.2. The lowest BCUT2D eigenvalue weighted by molar-refractivity contribution is -0.140. The van der Waals surface area contributed by atoms with E-state index in [1.807, 2.05) is 0 Å². The van der Waals surface area contributed by atoms with Crippen molar-refractivity contribution in [3.63, 3.8) is 0 Å². The van der Waals surface area contributed by atoms with Crippen molar-refractivity contribution in [1.29, 1.82) is 0 Å². The van der Waals surface area contributed by atoms with Crippen LogP contribution in [0.4, 0.5) is 0 Å². The smallest absolute Gasteiger partial charge is 0.307 e. The van der Waals surface area contributed by atoms with Crippen LogP contribution < -0.4 is 0 Å². The molecular weight excluding hydrogens is 248 g/mol. The largest absolute Gasteiger partial charge is 0.469 e. The summed E-state index contributed by atoms with van der Waals surface area (Å²) in [5.41, 5.74) is 6.35. The minimum absolute atomic E-state index is 0.212. The summed E-state index contributed by atoms with van der Waals surface area (Å²) in [5, 5.41) is -0.212. The fourth-order valence-corrected chi connectivity index (χ4v) is 2.44. The van der Waals surface area contributed by atoms with Gasteiger partial charge in [0.2, 0.25) is 0 Å². The Morgan fingerprint density at radius 2 is 1.72 bits per heavy atom. The number of hydrogen-bond donors (Lipinski definition) is 0. The van der Waals surface area contributed by atoms with Gasteiger partial charge >= 0.3 is 5.97 Å². The number of alkyl halides is 1. The number of ether oxygens (including phenoxy) is 1. The van der Waals surface area contributed by atoms with Crippen molar-refractivity contribution in [2.45, 2.75) is 45.9 Å². The summed E-state index contributed by atoms with van der Waals surface area (Å²) in [6, 6.07) is 2.19. The maximum absolute atomic E-state index is 11.2. The average molecular weight is 269 g/mol. The van der Waals surface area contributed by atoms with Crippen molar-refractivity contribution in [3.8, 4) is 0 Å². The van der Waals surface area contributed by atoms with Crippen LogP contribution in [0.25, 0.3) is 0 Å². The Balaban J connectivity index is 2.93. The lowest BCUT2D eigenvalue weighted by Gasteiger charge is -2.17. The standard InChI is InChI=1S/C15H21ClO2/c1-9-6-10(2)12(4)14(11(9)3)7-13(16)8-15(17)18-5/h6,13H,7-8H2,1-5H3. The predicted octanol–water partition coefficient (Wildman–Crippen LogP) is 3.63. The third-order valence-electron chi connectivity index (χ3n) is 3.56. The highest BCUT2D eigenvalue weighted by molar-refractivity contribution is 6.21. The van der Waals surface area contributed by atoms with Gasteiger partial charge in [0.05, 0.1) is 13.5 Å². The molecule has 0 aliphatic carbocycles. The van der Waals surface area contributed by atoms with Gasteiger partial charge in [0.25, 0.3) is 0 Å². The molecule has 0 amide bonds. The number of methoxy groups -OCH3 is 1. The first-order valence-corrected chi connectivity index (χ1v) is 6.57. The molecule has 3 heteroatoms. The van der Waals surface area contributed by atoms with Crippen molar-refractivity contribution in [1.82, 2.24) is 0 Å². The molecule has 1 unspecified atom stereocenters. The highest BCUT2D eigenvalue weighted by atomic mass is 35.5. The molecule has 2 nitrogen and oxygen atoms in total. The van der Waals surface area contributed by atoms with E-state index in [-0.39, 0.29) is 17.8 Å². The Hall–Kier alpha value is -1.02. The normalized spacial score (nSPS) is 12.3. The summed E-state index contributed by atoms with van der Waals surface area (Å²) in [4.78, 5) is 11.2. The minimum atomic E-state index is -0.255. The summed E-state index contributed by atoms with van der Waals surface area (Å²) in [6.07, 6.45) is 0.959. The van der Waals surface area contributed by atoms with Crippen LogP contribution in [0.2, 0.25) is 0 Å². The minimum Gasteiger partial charge on any atom is -0.469 e. The molecule has 0 aliphatic heterocycles. The van der Waals surface area contributed by atoms with Gasteiger partial charge in [0.15, 0.2) is 0 Å². The van der Waals surface area contributed by atoms with Crippen LogP contribution in [-0.4, -0.2) is 18.5 Å². The molecule has 0 fully saturated rings. The van der Waals surface area contributed by atoms with Crippen molar-refractivity contribution in [3.05, 3.63) is 33.9 Å². The molecule has 0 N–H and O–H groups in total. The van der Waals surface area contributed by atoms with Crippen molar-refractivity contribution < 1.29 is 9.53 Å². The van der Waals surface area contributed by atoms with Crippen LogP contribution in [0.15, 0.2) is 6.07 Å². The highest BCUT2D eigenvalue weighted by Crippen LogP contribution is 2.24. The van der Waals surface area contributed by atoms with Gasteiger partial charge in [-0.05, 0) is 61.9 Å². The lowest BCUT2D eigenvalue weighted by Crippen LogP contribution is -2.14. The number of carbonyl (C=O) groups excluding carboxylic acids is 1. The topological polar surface area (TPSA) is 26.3 Å². The van der Waals surface area contributed by atoms with E-state index < -0.39 is 0 Å². The van der Waals surface area contributed by atoms with Gasteiger partial charge in [0, 0.05) is 5.38 Å². The zero-order chi connectivity index (χ0) is 13.9. The lowest BCUT2D eigenvalue weighted by atomic mass is 9.91. The molecule has 0 heterocycles. The Labute approximate surface area is 114 Å². The van der Waals surface area contributed by atoms with Gasteiger partial charge < -0.3 is 4.74 Å². The first-order chi connectivity index (χ1) is 8.36. The van der Waals surface area contributed by atoms with E-state index in [0.29, 0.717) is 6.42 Å². The number of aryl methyl sites for hydroxylation is 2. The van der Waals surface area contributed by atoms with E-state index >= 15 is 0 Å². The van der Waals surface area contributed by atoms with Gasteiger partial charge in [0.1, 0.15) is 0 Å². The van der Waals surface area contributed by atoms with E-state index in [1.165, 1.54) is 34.9 Å². The average Bonchev–Trinajstić information content (AvgIpc) is 2.32. The molecule has 1 aromatic carbocycles. The third kappa shape index (κ3) is 3.49. The zero-order valence-electron chi connectivity index (χ0n) is 11.8. The Bertz CT molecular complexity index is 426. The first-order valence-electron chi connectivity index (χ1n) is 6.14. The molecule has 1 rings (SSSR count). The number of esters is 1. The SMILES string of the molecule is COC(=O)CC(Cl)Cc1c(C)c(C)cc(C)c1C. The Morgan fingerprint density at radius 3 is 2.17 bits per heavy atom. The number of hydrogen-bond acceptors (Lipinski definition) is 2. The van der Waals surface area contributed by atoms with Gasteiger partial charge in [-0.1, -0.05) is 6.07 Å². The second-order valence-electron chi connectivity index (χ2n) is 4.82. The van der Waals surface area contributed by atoms with Crippen molar-refractivity contribution >= 4 is 17.6 Å². The predicted molar refractivity (Wildman–Crippen MR) is 75.4 cm³/mol. The quantitative estimate of drug-likeness (QED) is 0.616. The van der Waals surface area contributed by atoms with Crippen LogP contribution in [0.3, 0.4) is 0 Å². The Morgan fingerprint density at radius 1 is 1.22 bits per heavy atom. The first kappa shape index (κ1) is 15.0. The van der Waals surface area contributed by atoms with E-state index in [1.54, 1.807) is 0 Å². The van der Waals surface area contributed by atoms with Crippen LogP contribution in [-0.2, 0) is 16.0 Å².